The number of hydrogen-bond donors (Lipinski definition) is 1. The molecule has 124 valence electrons. The van der Waals surface area contributed by atoms with E-state index in [0.717, 1.165) is 33.6 Å². The first-order valence-corrected chi connectivity index (χ1v) is 8.76. The van der Waals surface area contributed by atoms with Gasteiger partial charge in [-0.3, -0.25) is 15.1 Å². The zero-order chi connectivity index (χ0) is 17.3. The molecule has 0 bridgehead atoms. The van der Waals surface area contributed by atoms with Crippen LogP contribution < -0.4 is 5.32 Å². The predicted octanol–water partition coefficient (Wildman–Crippen LogP) is 4.15. The van der Waals surface area contributed by atoms with Gasteiger partial charge < -0.3 is 0 Å². The molecule has 24 heavy (non-hydrogen) atoms. The van der Waals surface area contributed by atoms with E-state index in [1.54, 1.807) is 0 Å². The Kier molecular flexibility index (Phi) is 4.57. The molecule has 6 heteroatoms. The molecule has 0 saturated carbocycles. The molecule has 0 radical (unpaired) electrons. The highest BCUT2D eigenvalue weighted by atomic mass is 32.1. The quantitative estimate of drug-likeness (QED) is 0.774. The summed E-state index contributed by atoms with van der Waals surface area (Å²) in [6.07, 6.45) is 0.865. The van der Waals surface area contributed by atoms with Gasteiger partial charge in [-0.05, 0) is 38.0 Å². The molecule has 0 unspecified atom stereocenters. The number of nitrogens with zero attached hydrogens (tertiary/aromatic N) is 3. The van der Waals surface area contributed by atoms with Crippen LogP contribution in [0.2, 0.25) is 0 Å². The van der Waals surface area contributed by atoms with Gasteiger partial charge in [0, 0.05) is 17.5 Å². The van der Waals surface area contributed by atoms with Crippen molar-refractivity contribution in [3.63, 3.8) is 0 Å². The van der Waals surface area contributed by atoms with Gasteiger partial charge in [-0.2, -0.15) is 0 Å². The number of benzene rings is 1. The molecule has 2 aromatic heterocycles. The number of anilines is 1. The number of fused-ring (bicyclic) bond motifs is 1. The Morgan fingerprint density at radius 1 is 1.21 bits per heavy atom. The fourth-order valence-corrected chi connectivity index (χ4v) is 3.51. The lowest BCUT2D eigenvalue weighted by atomic mass is 10.0. The van der Waals surface area contributed by atoms with Gasteiger partial charge in [0.25, 0.3) is 5.91 Å². The monoisotopic (exact) mass is 340 g/mol. The lowest BCUT2D eigenvalue weighted by Crippen LogP contribution is -2.13. The van der Waals surface area contributed by atoms with E-state index in [4.69, 9.17) is 0 Å². The molecule has 2 heterocycles. The number of aryl methyl sites for hydroxylation is 2. The molecular weight excluding hydrogens is 320 g/mol. The highest BCUT2D eigenvalue weighted by Gasteiger charge is 2.15. The van der Waals surface area contributed by atoms with Crippen molar-refractivity contribution in [3.05, 3.63) is 46.1 Å². The van der Waals surface area contributed by atoms with Crippen LogP contribution in [0.5, 0.6) is 0 Å². The predicted molar refractivity (Wildman–Crippen MR) is 97.6 cm³/mol. The summed E-state index contributed by atoms with van der Waals surface area (Å²) >= 11 is 1.43. The van der Waals surface area contributed by atoms with Gasteiger partial charge in [0.15, 0.2) is 0 Å². The summed E-state index contributed by atoms with van der Waals surface area (Å²) < 4.78 is 0. The normalized spacial score (nSPS) is 11.2. The van der Waals surface area contributed by atoms with Crippen LogP contribution in [-0.2, 0) is 6.42 Å². The van der Waals surface area contributed by atoms with Crippen molar-refractivity contribution in [2.24, 2.45) is 5.92 Å². The van der Waals surface area contributed by atoms with Crippen molar-refractivity contribution in [2.45, 2.75) is 34.1 Å². The van der Waals surface area contributed by atoms with Crippen LogP contribution in [0.1, 0.15) is 40.5 Å². The minimum absolute atomic E-state index is 0.177. The molecule has 0 saturated heterocycles. The van der Waals surface area contributed by atoms with E-state index in [2.05, 4.69) is 34.3 Å². The minimum Gasteiger partial charge on any atom is -0.296 e. The van der Waals surface area contributed by atoms with Gasteiger partial charge >= 0.3 is 0 Å². The fourth-order valence-electron chi connectivity index (χ4n) is 2.56. The standard InChI is InChI=1S/C18H20N4OS/c1-10(2)7-16-21-22-18(24-16)20-17(23)14-9-12(4)19-15-6-5-11(3)8-13(14)15/h5-6,8-10H,7H2,1-4H3,(H,20,22,23). The van der Waals surface area contributed by atoms with E-state index >= 15 is 0 Å². The lowest BCUT2D eigenvalue weighted by Gasteiger charge is -2.08. The van der Waals surface area contributed by atoms with E-state index < -0.39 is 0 Å². The molecule has 1 amide bonds. The van der Waals surface area contributed by atoms with Gasteiger partial charge in [0.05, 0.1) is 11.1 Å². The van der Waals surface area contributed by atoms with Gasteiger partial charge in [-0.1, -0.05) is 36.8 Å². The third-order valence-electron chi connectivity index (χ3n) is 3.61. The first-order chi connectivity index (χ1) is 11.4. The van der Waals surface area contributed by atoms with E-state index in [9.17, 15) is 4.79 Å². The summed E-state index contributed by atoms with van der Waals surface area (Å²) in [6, 6.07) is 7.74. The lowest BCUT2D eigenvalue weighted by molar-refractivity contribution is 0.102. The number of nitrogens with one attached hydrogen (secondary N) is 1. The molecule has 3 aromatic rings. The second-order valence-electron chi connectivity index (χ2n) is 6.38. The Morgan fingerprint density at radius 3 is 2.75 bits per heavy atom. The van der Waals surface area contributed by atoms with Crippen molar-refractivity contribution in [2.75, 3.05) is 5.32 Å². The van der Waals surface area contributed by atoms with Crippen molar-refractivity contribution >= 4 is 33.3 Å². The average molecular weight is 340 g/mol. The molecule has 0 aliphatic heterocycles. The number of amides is 1. The van der Waals surface area contributed by atoms with Crippen molar-refractivity contribution in [1.29, 1.82) is 0 Å². The van der Waals surface area contributed by atoms with E-state index in [0.29, 0.717) is 16.6 Å². The van der Waals surface area contributed by atoms with Crippen molar-refractivity contribution in [1.82, 2.24) is 15.2 Å². The summed E-state index contributed by atoms with van der Waals surface area (Å²) in [5, 5.41) is 13.4. The van der Waals surface area contributed by atoms with Crippen LogP contribution >= 0.6 is 11.3 Å². The third kappa shape index (κ3) is 3.59. The third-order valence-corrected chi connectivity index (χ3v) is 4.47. The number of carbonyl (C=O) groups excluding carboxylic acids is 1. The van der Waals surface area contributed by atoms with Crippen LogP contribution in [-0.4, -0.2) is 21.1 Å². The number of rotatable bonds is 4. The second kappa shape index (κ2) is 6.65. The molecule has 1 aromatic carbocycles. The smallest absolute Gasteiger partial charge is 0.258 e. The number of carbonyl (C=O) groups is 1. The van der Waals surface area contributed by atoms with Crippen LogP contribution in [0.25, 0.3) is 10.9 Å². The zero-order valence-electron chi connectivity index (χ0n) is 14.3. The number of hydrogen-bond acceptors (Lipinski definition) is 5. The Morgan fingerprint density at radius 2 is 2.00 bits per heavy atom. The zero-order valence-corrected chi connectivity index (χ0v) is 15.1. The van der Waals surface area contributed by atoms with Crippen LogP contribution in [0, 0.1) is 19.8 Å². The SMILES string of the molecule is Cc1ccc2nc(C)cc(C(=O)Nc3nnc(CC(C)C)s3)c2c1. The molecular formula is C18H20N4OS. The van der Waals surface area contributed by atoms with Gasteiger partial charge in [0.1, 0.15) is 5.01 Å². The summed E-state index contributed by atoms with van der Waals surface area (Å²) in [4.78, 5) is 17.2. The van der Waals surface area contributed by atoms with Crippen LogP contribution in [0.15, 0.2) is 24.3 Å². The molecule has 0 spiro atoms. The maximum Gasteiger partial charge on any atom is 0.258 e. The van der Waals surface area contributed by atoms with E-state index in [-0.39, 0.29) is 5.91 Å². The largest absolute Gasteiger partial charge is 0.296 e. The Bertz CT molecular complexity index is 901. The Balaban J connectivity index is 1.91. The van der Waals surface area contributed by atoms with Gasteiger partial charge in [-0.15, -0.1) is 10.2 Å². The summed E-state index contributed by atoms with van der Waals surface area (Å²) in [6.45, 7) is 8.16. The molecule has 5 nitrogen and oxygen atoms in total. The molecule has 3 rings (SSSR count). The molecule has 0 fully saturated rings. The van der Waals surface area contributed by atoms with Crippen LogP contribution in [0.4, 0.5) is 5.13 Å². The van der Waals surface area contributed by atoms with Crippen molar-refractivity contribution in [3.8, 4) is 0 Å². The number of aromatic nitrogens is 3. The topological polar surface area (TPSA) is 67.8 Å². The second-order valence-corrected chi connectivity index (χ2v) is 7.45. The molecule has 1 N–H and O–H groups in total. The fraction of sp³-hybridized carbons (Fsp3) is 0.333. The van der Waals surface area contributed by atoms with E-state index in [1.807, 2.05) is 38.1 Å². The summed E-state index contributed by atoms with van der Waals surface area (Å²) in [7, 11) is 0. The maximum absolute atomic E-state index is 12.7. The Labute approximate surface area is 145 Å². The first-order valence-electron chi connectivity index (χ1n) is 7.94. The summed E-state index contributed by atoms with van der Waals surface area (Å²) in [5.41, 5.74) is 3.34. The highest BCUT2D eigenvalue weighted by Crippen LogP contribution is 2.23. The molecule has 0 aliphatic carbocycles. The van der Waals surface area contributed by atoms with Crippen molar-refractivity contribution < 1.29 is 4.79 Å². The molecule has 0 aliphatic rings. The summed E-state index contributed by atoms with van der Waals surface area (Å²) in [5.74, 6) is 0.333. The maximum atomic E-state index is 12.7. The highest BCUT2D eigenvalue weighted by molar-refractivity contribution is 7.15. The number of pyridine rings is 1. The first kappa shape index (κ1) is 16.5. The van der Waals surface area contributed by atoms with Crippen LogP contribution in [0.3, 0.4) is 0 Å². The van der Waals surface area contributed by atoms with Gasteiger partial charge in [-0.25, -0.2) is 0 Å². The van der Waals surface area contributed by atoms with E-state index in [1.165, 1.54) is 11.3 Å². The Hall–Kier alpha value is -2.34. The van der Waals surface area contributed by atoms with Gasteiger partial charge in [0.2, 0.25) is 5.13 Å². The molecule has 0 atom stereocenters. The minimum atomic E-state index is -0.177. The average Bonchev–Trinajstić information content (AvgIpc) is 2.93.